The van der Waals surface area contributed by atoms with E-state index < -0.39 is 23.4 Å². The van der Waals surface area contributed by atoms with Crippen molar-refractivity contribution in [2.24, 2.45) is 5.41 Å². The number of ether oxygens (including phenoxy) is 2. The van der Waals surface area contributed by atoms with Crippen molar-refractivity contribution in [3.63, 3.8) is 0 Å². The fourth-order valence-electron chi connectivity index (χ4n) is 4.96. The first-order valence-electron chi connectivity index (χ1n) is 11.4. The predicted octanol–water partition coefficient (Wildman–Crippen LogP) is 5.81. The maximum absolute atomic E-state index is 13.4. The molecule has 1 aliphatic rings. The lowest BCUT2D eigenvalue weighted by Gasteiger charge is -2.35. The molecule has 1 saturated heterocycles. The Morgan fingerprint density at radius 3 is 2.06 bits per heavy atom. The van der Waals surface area contributed by atoms with Crippen LogP contribution in [0.3, 0.4) is 0 Å². The number of methoxy groups -OCH3 is 2. The molecule has 1 fully saturated rings. The van der Waals surface area contributed by atoms with Crippen LogP contribution in [0.2, 0.25) is 0 Å². The van der Waals surface area contributed by atoms with Crippen LogP contribution in [0.1, 0.15) is 29.2 Å². The zero-order valence-corrected chi connectivity index (χ0v) is 21.4. The molecular formula is C29H28BrNO4. The highest BCUT2D eigenvalue weighted by Gasteiger charge is 2.63. The number of hydrogen-bond donors (Lipinski definition) is 0. The molecule has 0 radical (unpaired) electrons. The zero-order valence-electron chi connectivity index (χ0n) is 19.8. The van der Waals surface area contributed by atoms with E-state index in [9.17, 15) is 9.59 Å². The van der Waals surface area contributed by atoms with E-state index in [1.165, 1.54) is 14.2 Å². The van der Waals surface area contributed by atoms with E-state index in [0.29, 0.717) is 6.54 Å². The summed E-state index contributed by atoms with van der Waals surface area (Å²) in [4.78, 5) is 29.0. The van der Waals surface area contributed by atoms with Crippen molar-refractivity contribution in [3.8, 4) is 0 Å². The summed E-state index contributed by atoms with van der Waals surface area (Å²) in [5.41, 5.74) is 1.45. The maximum atomic E-state index is 13.4. The molecule has 0 unspecified atom stereocenters. The van der Waals surface area contributed by atoms with Gasteiger partial charge in [0.15, 0.2) is 5.41 Å². The average Bonchev–Trinajstić information content (AvgIpc) is 3.22. The SMILES string of the molecule is COC(=O)C1(C(=O)OC)C[C@H](/C=C/c2ccccc2)N(Cc2ccccc2)[C@@H]1c1ccc(Br)cc1. The first kappa shape index (κ1) is 24.9. The second-order valence-corrected chi connectivity index (χ2v) is 9.52. The fourth-order valence-corrected chi connectivity index (χ4v) is 5.22. The Labute approximate surface area is 214 Å². The van der Waals surface area contributed by atoms with Crippen molar-refractivity contribution < 1.29 is 19.1 Å². The third-order valence-electron chi connectivity index (χ3n) is 6.56. The summed E-state index contributed by atoms with van der Waals surface area (Å²) < 4.78 is 11.4. The van der Waals surface area contributed by atoms with Crippen LogP contribution >= 0.6 is 15.9 Å². The van der Waals surface area contributed by atoms with Crippen molar-refractivity contribution in [3.05, 3.63) is 112 Å². The molecule has 1 heterocycles. The summed E-state index contributed by atoms with van der Waals surface area (Å²) in [6.45, 7) is 0.543. The van der Waals surface area contributed by atoms with Crippen LogP contribution in [0.4, 0.5) is 0 Å². The Morgan fingerprint density at radius 1 is 0.914 bits per heavy atom. The summed E-state index contributed by atoms with van der Waals surface area (Å²) in [5, 5.41) is 0. The maximum Gasteiger partial charge on any atom is 0.325 e. The fraction of sp³-hybridized carbons (Fsp3) is 0.241. The normalized spacial score (nSPS) is 19.5. The first-order chi connectivity index (χ1) is 17.0. The Morgan fingerprint density at radius 2 is 1.49 bits per heavy atom. The molecule has 35 heavy (non-hydrogen) atoms. The number of likely N-dealkylation sites (tertiary alicyclic amines) is 1. The summed E-state index contributed by atoms with van der Waals surface area (Å²) >= 11 is 3.49. The van der Waals surface area contributed by atoms with E-state index in [1.54, 1.807) is 0 Å². The number of hydrogen-bond acceptors (Lipinski definition) is 5. The van der Waals surface area contributed by atoms with Gasteiger partial charge in [-0.3, -0.25) is 14.5 Å². The molecule has 2 atom stereocenters. The summed E-state index contributed by atoms with van der Waals surface area (Å²) in [5.74, 6) is -1.18. The number of benzene rings is 3. The molecule has 0 N–H and O–H groups in total. The average molecular weight is 534 g/mol. The molecule has 5 nitrogen and oxygen atoms in total. The molecule has 6 heteroatoms. The Bertz CT molecular complexity index is 1160. The van der Waals surface area contributed by atoms with E-state index >= 15 is 0 Å². The third kappa shape index (κ3) is 5.09. The highest BCUT2D eigenvalue weighted by atomic mass is 79.9. The monoisotopic (exact) mass is 533 g/mol. The van der Waals surface area contributed by atoms with Crippen LogP contribution in [0, 0.1) is 5.41 Å². The Hall–Kier alpha value is -3.22. The summed E-state index contributed by atoms with van der Waals surface area (Å²) in [7, 11) is 2.64. The molecule has 3 aromatic rings. The van der Waals surface area contributed by atoms with E-state index in [0.717, 1.165) is 21.2 Å². The number of rotatable bonds is 7. The highest BCUT2D eigenvalue weighted by molar-refractivity contribution is 9.10. The van der Waals surface area contributed by atoms with Crippen molar-refractivity contribution in [2.75, 3.05) is 14.2 Å². The van der Waals surface area contributed by atoms with Crippen LogP contribution in [0.15, 0.2) is 95.5 Å². The van der Waals surface area contributed by atoms with Gasteiger partial charge in [0, 0.05) is 17.1 Å². The van der Waals surface area contributed by atoms with Gasteiger partial charge in [-0.1, -0.05) is 101 Å². The van der Waals surface area contributed by atoms with E-state index in [-0.39, 0.29) is 12.5 Å². The minimum atomic E-state index is -1.52. The minimum absolute atomic E-state index is 0.220. The predicted molar refractivity (Wildman–Crippen MR) is 139 cm³/mol. The van der Waals surface area contributed by atoms with Crippen molar-refractivity contribution in [2.45, 2.75) is 25.0 Å². The number of halogens is 1. The van der Waals surface area contributed by atoms with Crippen LogP contribution in [0.25, 0.3) is 6.08 Å². The van der Waals surface area contributed by atoms with Crippen molar-refractivity contribution in [1.82, 2.24) is 4.90 Å². The van der Waals surface area contributed by atoms with Gasteiger partial charge in [-0.25, -0.2) is 0 Å². The van der Waals surface area contributed by atoms with Crippen LogP contribution in [0.5, 0.6) is 0 Å². The van der Waals surface area contributed by atoms with E-state index in [4.69, 9.17) is 9.47 Å². The van der Waals surface area contributed by atoms with Gasteiger partial charge in [0.2, 0.25) is 0 Å². The quantitative estimate of drug-likeness (QED) is 0.283. The van der Waals surface area contributed by atoms with Gasteiger partial charge < -0.3 is 9.47 Å². The summed E-state index contributed by atoms with van der Waals surface area (Å²) in [6.07, 6.45) is 4.34. The molecular weight excluding hydrogens is 506 g/mol. The molecule has 0 aliphatic carbocycles. The molecule has 3 aromatic carbocycles. The number of carbonyl (C=O) groups is 2. The van der Waals surface area contributed by atoms with Crippen LogP contribution in [-0.2, 0) is 25.6 Å². The number of nitrogens with zero attached hydrogens (tertiary/aromatic N) is 1. The molecule has 0 spiro atoms. The minimum Gasteiger partial charge on any atom is -0.468 e. The van der Waals surface area contributed by atoms with Crippen LogP contribution in [-0.4, -0.2) is 37.1 Å². The number of carbonyl (C=O) groups excluding carboxylic acids is 2. The van der Waals surface area contributed by atoms with E-state index in [1.807, 2.05) is 91.0 Å². The second-order valence-electron chi connectivity index (χ2n) is 8.61. The van der Waals surface area contributed by atoms with E-state index in [2.05, 4.69) is 26.9 Å². The molecule has 0 saturated carbocycles. The zero-order chi connectivity index (χ0) is 24.8. The first-order valence-corrected chi connectivity index (χ1v) is 12.2. The second kappa shape index (κ2) is 11.0. The van der Waals surface area contributed by atoms with Gasteiger partial charge in [0.05, 0.1) is 20.3 Å². The Balaban J connectivity index is 1.88. The molecule has 4 rings (SSSR count). The van der Waals surface area contributed by atoms with Crippen molar-refractivity contribution in [1.29, 1.82) is 0 Å². The lowest BCUT2D eigenvalue weighted by atomic mass is 9.76. The van der Waals surface area contributed by atoms with Gasteiger partial charge in [0.1, 0.15) is 0 Å². The largest absolute Gasteiger partial charge is 0.468 e. The standard InChI is InChI=1S/C29H28BrNO4/c1-34-27(32)29(28(33)35-2)19-25(18-13-21-9-5-3-6-10-21)31(20-22-11-7-4-8-12-22)26(29)23-14-16-24(30)17-15-23/h3-18,25-26H,19-20H2,1-2H3/b18-13+/t25-,26+/m0/s1. The lowest BCUT2D eigenvalue weighted by molar-refractivity contribution is -0.171. The smallest absolute Gasteiger partial charge is 0.325 e. The Kier molecular flexibility index (Phi) is 7.83. The van der Waals surface area contributed by atoms with Gasteiger partial charge in [-0.05, 0) is 35.2 Å². The lowest BCUT2D eigenvalue weighted by Crippen LogP contribution is -2.45. The van der Waals surface area contributed by atoms with Crippen molar-refractivity contribution >= 4 is 33.9 Å². The third-order valence-corrected chi connectivity index (χ3v) is 7.09. The molecule has 1 aliphatic heterocycles. The topological polar surface area (TPSA) is 55.8 Å². The van der Waals surface area contributed by atoms with Gasteiger partial charge in [-0.2, -0.15) is 0 Å². The van der Waals surface area contributed by atoms with Gasteiger partial charge in [-0.15, -0.1) is 0 Å². The molecule has 180 valence electrons. The molecule has 0 bridgehead atoms. The van der Waals surface area contributed by atoms with Gasteiger partial charge >= 0.3 is 11.9 Å². The van der Waals surface area contributed by atoms with Gasteiger partial charge in [0.25, 0.3) is 0 Å². The summed E-state index contributed by atoms with van der Waals surface area (Å²) in [6, 6.07) is 26.9. The number of esters is 2. The highest BCUT2D eigenvalue weighted by Crippen LogP contribution is 2.53. The van der Waals surface area contributed by atoms with Crippen LogP contribution < -0.4 is 0 Å². The molecule has 0 aromatic heterocycles. The molecule has 0 amide bonds.